The van der Waals surface area contributed by atoms with Crippen molar-refractivity contribution in [1.29, 1.82) is 0 Å². The van der Waals surface area contributed by atoms with Gasteiger partial charge in [-0.3, -0.25) is 0 Å². The third kappa shape index (κ3) is 3.64. The molecule has 92 valence electrons. The van der Waals surface area contributed by atoms with E-state index in [1.54, 1.807) is 25.1 Å². The van der Waals surface area contributed by atoms with Gasteiger partial charge in [0.2, 0.25) is 0 Å². The summed E-state index contributed by atoms with van der Waals surface area (Å²) >= 11 is 5.65. The summed E-state index contributed by atoms with van der Waals surface area (Å²) in [4.78, 5) is 10.9. The number of nitrogens with zero attached hydrogens (tertiary/aromatic N) is 1. The third-order valence-electron chi connectivity index (χ3n) is 2.07. The number of carbonyl (C=O) groups excluding carboxylic acids is 1. The van der Waals surface area contributed by atoms with Gasteiger partial charge in [-0.05, 0) is 30.7 Å². The fourth-order valence-electron chi connectivity index (χ4n) is 1.19. The van der Waals surface area contributed by atoms with Crippen molar-refractivity contribution in [2.24, 2.45) is 5.16 Å². The highest BCUT2D eigenvalue weighted by Gasteiger charge is 2.07. The Bertz CT molecular complexity index is 445. The predicted molar refractivity (Wildman–Crippen MR) is 62.9 cm³/mol. The van der Waals surface area contributed by atoms with Gasteiger partial charge >= 0.3 is 5.97 Å². The van der Waals surface area contributed by atoms with E-state index in [2.05, 4.69) is 9.89 Å². The van der Waals surface area contributed by atoms with Gasteiger partial charge in [-0.15, -0.1) is 0 Å². The average Bonchev–Trinajstić information content (AvgIpc) is 2.35. The van der Waals surface area contributed by atoms with E-state index in [1.165, 1.54) is 7.11 Å². The minimum Gasteiger partial charge on any atom is -0.482 e. The maximum Gasteiger partial charge on any atom is 0.343 e. The number of aryl methyl sites for hydroxylation is 1. The molecule has 5 nitrogen and oxygen atoms in total. The van der Waals surface area contributed by atoms with Gasteiger partial charge in [0.25, 0.3) is 0 Å². The van der Waals surface area contributed by atoms with Gasteiger partial charge in [-0.25, -0.2) is 4.79 Å². The normalized spacial score (nSPS) is 11.1. The molecule has 1 N–H and O–H groups in total. The number of methoxy groups -OCH3 is 1. The van der Waals surface area contributed by atoms with Crippen molar-refractivity contribution >= 4 is 22.7 Å². The minimum atomic E-state index is -0.455. The average molecular weight is 258 g/mol. The van der Waals surface area contributed by atoms with Crippen molar-refractivity contribution in [2.45, 2.75) is 6.92 Å². The molecule has 0 atom stereocenters. The highest BCUT2D eigenvalue weighted by atomic mass is 35.5. The molecule has 6 heteroatoms. The summed E-state index contributed by atoms with van der Waals surface area (Å²) in [6, 6.07) is 4.96. The Morgan fingerprint density at radius 2 is 2.24 bits per heavy atom. The summed E-state index contributed by atoms with van der Waals surface area (Å²) in [5, 5.41) is 11.4. The molecule has 0 fully saturated rings. The van der Waals surface area contributed by atoms with Gasteiger partial charge < -0.3 is 14.7 Å². The number of halogens is 1. The number of hydrogen-bond donors (Lipinski definition) is 1. The van der Waals surface area contributed by atoms with Gasteiger partial charge in [0.1, 0.15) is 5.75 Å². The molecule has 0 spiro atoms. The molecule has 0 saturated heterocycles. The van der Waals surface area contributed by atoms with Gasteiger partial charge in [0.15, 0.2) is 11.8 Å². The van der Waals surface area contributed by atoms with E-state index in [0.29, 0.717) is 11.3 Å². The molecule has 17 heavy (non-hydrogen) atoms. The van der Waals surface area contributed by atoms with Crippen molar-refractivity contribution in [1.82, 2.24) is 0 Å². The molecular weight excluding hydrogens is 246 g/mol. The maximum atomic E-state index is 10.9. The van der Waals surface area contributed by atoms with Gasteiger partial charge in [0.05, 0.1) is 7.11 Å². The van der Waals surface area contributed by atoms with E-state index in [1.807, 2.05) is 0 Å². The number of oxime groups is 1. The lowest BCUT2D eigenvalue weighted by atomic mass is 10.1. The monoisotopic (exact) mass is 257 g/mol. The van der Waals surface area contributed by atoms with Crippen LogP contribution in [0.5, 0.6) is 5.75 Å². The van der Waals surface area contributed by atoms with E-state index in [-0.39, 0.29) is 11.8 Å². The van der Waals surface area contributed by atoms with Crippen LogP contribution in [0.25, 0.3) is 0 Å². The van der Waals surface area contributed by atoms with Crippen LogP contribution < -0.4 is 4.74 Å². The second-order valence-electron chi connectivity index (χ2n) is 3.24. The third-order valence-corrected chi connectivity index (χ3v) is 2.37. The molecule has 0 aliphatic carbocycles. The quantitative estimate of drug-likeness (QED) is 0.387. The van der Waals surface area contributed by atoms with E-state index >= 15 is 0 Å². The zero-order valence-electron chi connectivity index (χ0n) is 9.44. The first-order chi connectivity index (χ1) is 8.08. The van der Waals surface area contributed by atoms with Crippen molar-refractivity contribution in [3.8, 4) is 5.75 Å². The standard InChI is InChI=1S/C11H12ClNO4/c1-7-5-8(11(12)13-15)3-4-9(7)17-6-10(14)16-2/h3-5,15H,6H2,1-2H3/b13-11-. The molecule has 0 unspecified atom stereocenters. The van der Waals surface area contributed by atoms with Crippen molar-refractivity contribution in [2.75, 3.05) is 13.7 Å². The molecule has 0 bridgehead atoms. The minimum absolute atomic E-state index is 0.00684. The van der Waals surface area contributed by atoms with Crippen LogP contribution in [0.15, 0.2) is 23.4 Å². The smallest absolute Gasteiger partial charge is 0.343 e. The summed E-state index contributed by atoms with van der Waals surface area (Å²) < 4.78 is 9.69. The number of esters is 1. The molecule has 1 aromatic rings. The van der Waals surface area contributed by atoms with Crippen LogP contribution in [0.1, 0.15) is 11.1 Å². The van der Waals surface area contributed by atoms with E-state index in [0.717, 1.165) is 5.56 Å². The van der Waals surface area contributed by atoms with E-state index in [4.69, 9.17) is 21.5 Å². The molecule has 0 radical (unpaired) electrons. The van der Waals surface area contributed by atoms with E-state index < -0.39 is 5.97 Å². The predicted octanol–water partition coefficient (Wildman–Crippen LogP) is 1.92. The number of hydrogen-bond acceptors (Lipinski definition) is 5. The van der Waals surface area contributed by atoms with Crippen LogP contribution in [0.2, 0.25) is 0 Å². The first-order valence-corrected chi connectivity index (χ1v) is 5.14. The second-order valence-corrected chi connectivity index (χ2v) is 3.59. The number of benzene rings is 1. The fourth-order valence-corrected chi connectivity index (χ4v) is 1.31. The molecular formula is C11H12ClNO4. The number of ether oxygens (including phenoxy) is 2. The summed E-state index contributed by atoms with van der Waals surface area (Å²) in [5.41, 5.74) is 1.34. The van der Waals surface area contributed by atoms with Crippen LogP contribution in [0.4, 0.5) is 0 Å². The Morgan fingerprint density at radius 3 is 2.76 bits per heavy atom. The summed E-state index contributed by atoms with van der Waals surface area (Å²) in [5.74, 6) is 0.0880. The molecule has 0 aliphatic heterocycles. The zero-order chi connectivity index (χ0) is 12.8. The van der Waals surface area contributed by atoms with Gasteiger partial charge in [0, 0.05) is 5.56 Å². The summed E-state index contributed by atoms with van der Waals surface area (Å²) in [7, 11) is 1.29. The van der Waals surface area contributed by atoms with Gasteiger partial charge in [-0.1, -0.05) is 16.8 Å². The summed E-state index contributed by atoms with van der Waals surface area (Å²) in [6.07, 6.45) is 0. The number of rotatable bonds is 4. The molecule has 0 aliphatic rings. The largest absolute Gasteiger partial charge is 0.482 e. The van der Waals surface area contributed by atoms with Crippen molar-refractivity contribution in [3.05, 3.63) is 29.3 Å². The lowest BCUT2D eigenvalue weighted by Gasteiger charge is -2.08. The SMILES string of the molecule is COC(=O)COc1ccc(/C(Cl)=N/O)cc1C. The molecule has 0 heterocycles. The molecule has 0 amide bonds. The molecule has 1 rings (SSSR count). The highest BCUT2D eigenvalue weighted by Crippen LogP contribution is 2.20. The Morgan fingerprint density at radius 1 is 1.53 bits per heavy atom. The lowest BCUT2D eigenvalue weighted by molar-refractivity contribution is -0.142. The topological polar surface area (TPSA) is 68.1 Å². The van der Waals surface area contributed by atoms with Crippen LogP contribution >= 0.6 is 11.6 Å². The maximum absolute atomic E-state index is 10.9. The fraction of sp³-hybridized carbons (Fsp3) is 0.273. The second kappa shape index (κ2) is 6.10. The molecule has 1 aromatic carbocycles. The van der Waals surface area contributed by atoms with Crippen LogP contribution in [0, 0.1) is 6.92 Å². The lowest BCUT2D eigenvalue weighted by Crippen LogP contribution is -2.13. The first kappa shape index (κ1) is 13.3. The van der Waals surface area contributed by atoms with Crippen LogP contribution in [0.3, 0.4) is 0 Å². The Kier molecular flexibility index (Phi) is 4.78. The van der Waals surface area contributed by atoms with Crippen molar-refractivity contribution < 1.29 is 19.5 Å². The Hall–Kier alpha value is -1.75. The van der Waals surface area contributed by atoms with Crippen LogP contribution in [-0.4, -0.2) is 30.1 Å². The zero-order valence-corrected chi connectivity index (χ0v) is 10.2. The first-order valence-electron chi connectivity index (χ1n) is 4.76. The highest BCUT2D eigenvalue weighted by molar-refractivity contribution is 6.69. The van der Waals surface area contributed by atoms with Crippen LogP contribution in [-0.2, 0) is 9.53 Å². The molecule has 0 saturated carbocycles. The Labute approximate surface area is 104 Å². The van der Waals surface area contributed by atoms with E-state index in [9.17, 15) is 4.79 Å². The van der Waals surface area contributed by atoms with Crippen molar-refractivity contribution in [3.63, 3.8) is 0 Å². The summed E-state index contributed by atoms with van der Waals surface area (Å²) in [6.45, 7) is 1.64. The molecule has 0 aromatic heterocycles. The van der Waals surface area contributed by atoms with Gasteiger partial charge in [-0.2, -0.15) is 0 Å². The Balaban J connectivity index is 2.80. The number of carbonyl (C=O) groups is 1.